The van der Waals surface area contributed by atoms with Gasteiger partial charge in [-0.1, -0.05) is 26.7 Å². The summed E-state index contributed by atoms with van der Waals surface area (Å²) in [7, 11) is 0. The van der Waals surface area contributed by atoms with Gasteiger partial charge >= 0.3 is 0 Å². The van der Waals surface area contributed by atoms with Gasteiger partial charge in [0.25, 0.3) is 0 Å². The summed E-state index contributed by atoms with van der Waals surface area (Å²) in [6, 6.07) is 0.111. The van der Waals surface area contributed by atoms with Gasteiger partial charge in [0.2, 0.25) is 5.91 Å². The van der Waals surface area contributed by atoms with Crippen molar-refractivity contribution in [1.29, 1.82) is 0 Å². The van der Waals surface area contributed by atoms with Crippen LogP contribution >= 0.6 is 0 Å². The van der Waals surface area contributed by atoms with Crippen LogP contribution in [0.1, 0.15) is 52.9 Å². The first-order chi connectivity index (χ1) is 10.5. The highest BCUT2D eigenvalue weighted by molar-refractivity contribution is 5.76. The molecular weight excluding hydrogens is 280 g/mol. The van der Waals surface area contributed by atoms with Crippen molar-refractivity contribution >= 4 is 5.91 Å². The van der Waals surface area contributed by atoms with Crippen LogP contribution in [0.15, 0.2) is 0 Å². The van der Waals surface area contributed by atoms with E-state index in [0.29, 0.717) is 0 Å². The van der Waals surface area contributed by atoms with Crippen LogP contribution in [-0.2, 0) is 9.53 Å². The quantitative estimate of drug-likeness (QED) is 0.781. The number of amides is 1. The molecule has 0 aromatic heterocycles. The molecule has 0 spiro atoms. The van der Waals surface area contributed by atoms with E-state index < -0.39 is 6.10 Å². The van der Waals surface area contributed by atoms with Crippen molar-refractivity contribution < 1.29 is 14.6 Å². The summed E-state index contributed by atoms with van der Waals surface area (Å²) in [6.45, 7) is 9.48. The third kappa shape index (κ3) is 4.00. The number of aliphatic hydroxyl groups is 1. The molecule has 22 heavy (non-hydrogen) atoms. The number of morpholine rings is 1. The molecule has 5 heteroatoms. The maximum atomic E-state index is 12.2. The van der Waals surface area contributed by atoms with E-state index in [-0.39, 0.29) is 29.8 Å². The lowest BCUT2D eigenvalue weighted by atomic mass is 9.86. The minimum atomic E-state index is -0.560. The molecule has 1 heterocycles. The normalized spacial score (nSPS) is 25.1. The van der Waals surface area contributed by atoms with Gasteiger partial charge in [0.05, 0.1) is 25.7 Å². The molecule has 1 saturated heterocycles. The lowest BCUT2D eigenvalue weighted by molar-refractivity contribution is -0.126. The van der Waals surface area contributed by atoms with Gasteiger partial charge < -0.3 is 15.2 Å². The Hall–Kier alpha value is -0.650. The largest absolute Gasteiger partial charge is 0.392 e. The van der Waals surface area contributed by atoms with Gasteiger partial charge in [-0.2, -0.15) is 0 Å². The average molecular weight is 312 g/mol. The highest BCUT2D eigenvalue weighted by Gasteiger charge is 2.44. The van der Waals surface area contributed by atoms with Crippen molar-refractivity contribution in [2.45, 2.75) is 70.6 Å². The minimum absolute atomic E-state index is 0.0340. The van der Waals surface area contributed by atoms with Gasteiger partial charge in [-0.25, -0.2) is 0 Å². The Balaban J connectivity index is 1.97. The van der Waals surface area contributed by atoms with E-state index in [2.05, 4.69) is 17.1 Å². The third-order valence-electron chi connectivity index (χ3n) is 5.46. The fraction of sp³-hybridized carbons (Fsp3) is 0.941. The lowest BCUT2D eigenvalue weighted by Gasteiger charge is -2.47. The van der Waals surface area contributed by atoms with Crippen molar-refractivity contribution in [3.8, 4) is 0 Å². The molecular formula is C17H32N2O3. The summed E-state index contributed by atoms with van der Waals surface area (Å²) in [6.07, 6.45) is 4.37. The minimum Gasteiger partial charge on any atom is -0.392 e. The Morgan fingerprint density at radius 2 is 1.82 bits per heavy atom. The fourth-order valence-electron chi connectivity index (χ4n) is 3.88. The van der Waals surface area contributed by atoms with E-state index in [4.69, 9.17) is 4.74 Å². The van der Waals surface area contributed by atoms with Crippen LogP contribution < -0.4 is 5.32 Å². The summed E-state index contributed by atoms with van der Waals surface area (Å²) in [5, 5.41) is 13.1. The molecule has 0 bridgehead atoms. The number of carbonyl (C=O) groups is 1. The van der Waals surface area contributed by atoms with E-state index in [0.717, 1.165) is 39.1 Å². The van der Waals surface area contributed by atoms with Crippen molar-refractivity contribution in [3.05, 3.63) is 0 Å². The SMILES string of the molecule is CC(C)C(O)CC(=O)NC(C)C1(N2CCOCC2)CCCC1. The highest BCUT2D eigenvalue weighted by atomic mass is 16.5. The summed E-state index contributed by atoms with van der Waals surface area (Å²) in [4.78, 5) is 14.8. The van der Waals surface area contributed by atoms with Crippen LogP contribution in [0.3, 0.4) is 0 Å². The molecule has 2 N–H and O–H groups in total. The van der Waals surface area contributed by atoms with Crippen LogP contribution in [-0.4, -0.2) is 59.9 Å². The second-order valence-electron chi connectivity index (χ2n) is 7.21. The Morgan fingerprint density at radius 3 is 2.36 bits per heavy atom. The molecule has 0 radical (unpaired) electrons. The van der Waals surface area contributed by atoms with Crippen LogP contribution in [0.4, 0.5) is 0 Å². The fourth-order valence-corrected chi connectivity index (χ4v) is 3.88. The number of aliphatic hydroxyl groups excluding tert-OH is 1. The smallest absolute Gasteiger partial charge is 0.222 e. The van der Waals surface area contributed by atoms with Gasteiger partial charge in [0.1, 0.15) is 0 Å². The van der Waals surface area contributed by atoms with Crippen LogP contribution in [0.2, 0.25) is 0 Å². The Labute approximate surface area is 134 Å². The molecule has 2 atom stereocenters. The first-order valence-corrected chi connectivity index (χ1v) is 8.76. The molecule has 1 aliphatic heterocycles. The second kappa shape index (κ2) is 7.75. The van der Waals surface area contributed by atoms with Crippen molar-refractivity contribution in [2.24, 2.45) is 5.92 Å². The van der Waals surface area contributed by atoms with Gasteiger partial charge in [-0.15, -0.1) is 0 Å². The van der Waals surface area contributed by atoms with E-state index in [1.165, 1.54) is 12.8 Å². The van der Waals surface area contributed by atoms with Gasteiger partial charge in [0.15, 0.2) is 0 Å². The standard InChI is InChI=1S/C17H32N2O3/c1-13(2)15(20)12-16(21)18-14(3)17(6-4-5-7-17)19-8-10-22-11-9-19/h13-15,20H,4-12H2,1-3H3,(H,18,21). The molecule has 2 rings (SSSR count). The summed E-state index contributed by atoms with van der Waals surface area (Å²) >= 11 is 0. The average Bonchev–Trinajstić information content (AvgIpc) is 2.98. The van der Waals surface area contributed by atoms with Gasteiger partial charge in [-0.05, 0) is 25.7 Å². The number of nitrogens with zero attached hydrogens (tertiary/aromatic N) is 1. The molecule has 1 saturated carbocycles. The topological polar surface area (TPSA) is 61.8 Å². The third-order valence-corrected chi connectivity index (χ3v) is 5.46. The molecule has 2 aliphatic rings. The first-order valence-electron chi connectivity index (χ1n) is 8.76. The lowest BCUT2D eigenvalue weighted by Crippen LogP contribution is -2.62. The number of hydrogen-bond donors (Lipinski definition) is 2. The monoisotopic (exact) mass is 312 g/mol. The molecule has 2 unspecified atom stereocenters. The Bertz CT molecular complexity index is 361. The molecule has 5 nitrogen and oxygen atoms in total. The Morgan fingerprint density at radius 1 is 1.23 bits per heavy atom. The zero-order valence-electron chi connectivity index (χ0n) is 14.3. The zero-order chi connectivity index (χ0) is 16.2. The van der Waals surface area contributed by atoms with E-state index >= 15 is 0 Å². The molecule has 128 valence electrons. The number of nitrogens with one attached hydrogen (secondary N) is 1. The predicted octanol–water partition coefficient (Wildman–Crippen LogP) is 1.54. The number of ether oxygens (including phenoxy) is 1. The van der Waals surface area contributed by atoms with E-state index in [1.807, 2.05) is 13.8 Å². The number of carbonyl (C=O) groups excluding carboxylic acids is 1. The van der Waals surface area contributed by atoms with Crippen LogP contribution in [0, 0.1) is 5.92 Å². The summed E-state index contributed by atoms with van der Waals surface area (Å²) in [5.41, 5.74) is 0.0716. The van der Waals surface area contributed by atoms with Crippen molar-refractivity contribution in [3.63, 3.8) is 0 Å². The maximum absolute atomic E-state index is 12.2. The first kappa shape index (κ1) is 17.7. The van der Waals surface area contributed by atoms with E-state index in [1.54, 1.807) is 0 Å². The van der Waals surface area contributed by atoms with Crippen molar-refractivity contribution in [2.75, 3.05) is 26.3 Å². The molecule has 1 amide bonds. The molecule has 0 aromatic rings. The van der Waals surface area contributed by atoms with E-state index in [9.17, 15) is 9.90 Å². The summed E-state index contributed by atoms with van der Waals surface area (Å²) in [5.74, 6) is 0.0778. The van der Waals surface area contributed by atoms with Crippen molar-refractivity contribution in [1.82, 2.24) is 10.2 Å². The van der Waals surface area contributed by atoms with Crippen LogP contribution in [0.5, 0.6) is 0 Å². The summed E-state index contributed by atoms with van der Waals surface area (Å²) < 4.78 is 5.48. The molecule has 0 aromatic carbocycles. The molecule has 2 fully saturated rings. The number of hydrogen-bond acceptors (Lipinski definition) is 4. The molecule has 1 aliphatic carbocycles. The Kier molecular flexibility index (Phi) is 6.24. The maximum Gasteiger partial charge on any atom is 0.222 e. The zero-order valence-corrected chi connectivity index (χ0v) is 14.3. The van der Waals surface area contributed by atoms with Gasteiger partial charge in [-0.3, -0.25) is 9.69 Å². The second-order valence-corrected chi connectivity index (χ2v) is 7.21. The number of rotatable bonds is 6. The van der Waals surface area contributed by atoms with Gasteiger partial charge in [0, 0.05) is 24.7 Å². The van der Waals surface area contributed by atoms with Crippen LogP contribution in [0.25, 0.3) is 0 Å². The highest BCUT2D eigenvalue weighted by Crippen LogP contribution is 2.38. The predicted molar refractivity (Wildman–Crippen MR) is 86.7 cm³/mol.